The lowest BCUT2D eigenvalue weighted by Gasteiger charge is -2.27. The lowest BCUT2D eigenvalue weighted by molar-refractivity contribution is -0.132. The molecule has 0 fully saturated rings. The van der Waals surface area contributed by atoms with Crippen molar-refractivity contribution in [3.63, 3.8) is 0 Å². The number of ketones is 1. The Kier molecular flexibility index (Phi) is 6.50. The number of primary amides is 1. The average molecular weight is 359 g/mol. The van der Waals surface area contributed by atoms with Gasteiger partial charge in [0.25, 0.3) is 0 Å². The molecule has 24 heavy (non-hydrogen) atoms. The highest BCUT2D eigenvalue weighted by atomic mass is 32.2. The van der Waals surface area contributed by atoms with Gasteiger partial charge in [0, 0.05) is 13.3 Å². The van der Waals surface area contributed by atoms with Crippen molar-refractivity contribution in [3.8, 4) is 0 Å². The van der Waals surface area contributed by atoms with Crippen LogP contribution in [0.25, 0.3) is 0 Å². The second-order valence-electron chi connectivity index (χ2n) is 5.81. The zero-order valence-corrected chi connectivity index (χ0v) is 14.9. The van der Waals surface area contributed by atoms with Crippen LogP contribution in [-0.4, -0.2) is 46.6 Å². The minimum atomic E-state index is -4.18. The van der Waals surface area contributed by atoms with Gasteiger partial charge < -0.3 is 16.5 Å². The number of rotatable bonds is 11. The minimum absolute atomic E-state index is 0.0900. The molecule has 0 radical (unpaired) electrons. The summed E-state index contributed by atoms with van der Waals surface area (Å²) in [5.41, 5.74) is 9.11. The maximum atomic E-state index is 12.8. The molecule has 0 aliphatic heterocycles. The normalized spacial score (nSPS) is 15.5. The Hall–Kier alpha value is -1.74. The van der Waals surface area contributed by atoms with Gasteiger partial charge in [-0.3, -0.25) is 9.59 Å². The van der Waals surface area contributed by atoms with E-state index in [1.165, 1.54) is 12.5 Å². The minimum Gasteiger partial charge on any atom is -0.368 e. The molecule has 1 heterocycles. The predicted octanol–water partition coefficient (Wildman–Crippen LogP) is 0.0877. The number of amides is 1. The number of aromatic amines is 1. The molecule has 0 aliphatic carbocycles. The maximum absolute atomic E-state index is 12.8. The zero-order valence-electron chi connectivity index (χ0n) is 15.0. The Morgan fingerprint density at radius 3 is 2.38 bits per heavy atom. The van der Waals surface area contributed by atoms with Crippen molar-refractivity contribution in [2.45, 2.75) is 56.7 Å². The monoisotopic (exact) mass is 359 g/mol. The van der Waals surface area contributed by atoms with Crippen molar-refractivity contribution < 1.29 is 19.4 Å². The number of carbonyl (C=O) groups excluding carboxylic acids is 2. The molecule has 1 aromatic rings. The number of nitrogens with zero attached hydrogens (tertiary/aromatic N) is 1. The summed E-state index contributed by atoms with van der Waals surface area (Å²) < 4.78 is 34.0. The summed E-state index contributed by atoms with van der Waals surface area (Å²) in [7, 11) is -4.18. The van der Waals surface area contributed by atoms with E-state index >= 15 is 0 Å². The number of sulfone groups is 1. The molecule has 0 unspecified atom stereocenters. The van der Waals surface area contributed by atoms with Crippen molar-refractivity contribution >= 4 is 21.5 Å². The second-order valence-corrected chi connectivity index (χ2v) is 7.91. The smallest absolute Gasteiger partial charge is 0.246 e. The number of imidazole rings is 1. The number of hydrogen-bond acceptors (Lipinski definition) is 6. The molecule has 0 spiro atoms. The van der Waals surface area contributed by atoms with Crippen LogP contribution in [0.5, 0.6) is 0 Å². The third kappa shape index (κ3) is 4.88. The molecule has 0 bridgehead atoms. The Balaban J connectivity index is 3.17. The van der Waals surface area contributed by atoms with Crippen LogP contribution in [0.1, 0.15) is 46.6 Å². The van der Waals surface area contributed by atoms with Gasteiger partial charge in [-0.2, -0.15) is 0 Å². The van der Waals surface area contributed by atoms with Crippen LogP contribution in [0.3, 0.4) is 0 Å². The Bertz CT molecular complexity index is 699. The average Bonchev–Trinajstić information content (AvgIpc) is 2.99. The fourth-order valence-electron chi connectivity index (χ4n) is 2.40. The van der Waals surface area contributed by atoms with Crippen LogP contribution in [-0.2, 0) is 25.8 Å². The van der Waals surface area contributed by atoms with E-state index in [1.807, 2.05) is 0 Å². The van der Waals surface area contributed by atoms with E-state index in [4.69, 9.17) is 12.8 Å². The van der Waals surface area contributed by atoms with Crippen LogP contribution in [0, 0.1) is 0 Å². The van der Waals surface area contributed by atoms with Gasteiger partial charge in [0.2, 0.25) is 5.91 Å². The number of H-pyrrole nitrogens is 1. The molecule has 0 saturated heterocycles. The van der Waals surface area contributed by atoms with Gasteiger partial charge in [-0.05, 0) is 12.8 Å². The van der Waals surface area contributed by atoms with E-state index in [1.54, 1.807) is 13.8 Å². The highest BCUT2D eigenvalue weighted by Crippen LogP contribution is 2.20. The summed E-state index contributed by atoms with van der Waals surface area (Å²) in [6, 6.07) is 0. The van der Waals surface area contributed by atoms with Gasteiger partial charge in [0.1, 0.15) is 0 Å². The number of aromatic nitrogens is 2. The molecule has 9 heteroatoms. The fraction of sp³-hybridized carbons (Fsp3) is 0.667. The molecular formula is C15H26N4O4S. The summed E-state index contributed by atoms with van der Waals surface area (Å²) in [6.45, 7) is 3.53. The predicted molar refractivity (Wildman–Crippen MR) is 90.8 cm³/mol. The van der Waals surface area contributed by atoms with E-state index in [0.29, 0.717) is 18.5 Å². The van der Waals surface area contributed by atoms with Gasteiger partial charge >= 0.3 is 0 Å². The summed E-state index contributed by atoms with van der Waals surface area (Å²) in [5.74, 6) is -3.04. The van der Waals surface area contributed by atoms with Crippen LogP contribution in [0.4, 0.5) is 0 Å². The number of hydrogen-bond donors (Lipinski definition) is 3. The molecule has 0 saturated carbocycles. The van der Waals surface area contributed by atoms with Gasteiger partial charge in [-0.1, -0.05) is 26.7 Å². The van der Waals surface area contributed by atoms with Crippen LogP contribution >= 0.6 is 0 Å². The number of nitrogens with two attached hydrogens (primary N) is 2. The first kappa shape index (κ1) is 18.6. The van der Waals surface area contributed by atoms with Gasteiger partial charge in [0.15, 0.2) is 21.2 Å². The third-order valence-corrected chi connectivity index (χ3v) is 5.88. The molecule has 5 N–H and O–H groups in total. The van der Waals surface area contributed by atoms with Crippen molar-refractivity contribution in [3.05, 3.63) is 18.2 Å². The van der Waals surface area contributed by atoms with Crippen molar-refractivity contribution in [1.82, 2.24) is 9.97 Å². The number of carbonyl (C=O) groups is 2. The first-order chi connectivity index (χ1) is 11.5. The van der Waals surface area contributed by atoms with Gasteiger partial charge in [-0.15, -0.1) is 0 Å². The van der Waals surface area contributed by atoms with E-state index in [-0.39, 0.29) is 19.3 Å². The summed E-state index contributed by atoms with van der Waals surface area (Å²) in [6.07, 6.45) is 3.54. The molecule has 0 aromatic carbocycles. The first-order valence-corrected chi connectivity index (χ1v) is 9.49. The Labute approximate surface area is 143 Å². The quantitative estimate of drug-likeness (QED) is 0.477. The first-order valence-electron chi connectivity index (χ1n) is 8.34. The standard InChI is InChI=1S/C15H26N4O4S/c1-3-5-12(6-4-2)24(22,23)9-15(17,14(16)21)13(20)7-11-8-18-10-19-11/h8,10,12H,3-7,9,17H2,1-2H3,(H2,16,21)(H,18,19)/t15-/m1/s1/i12D. The van der Waals surface area contributed by atoms with E-state index in [9.17, 15) is 18.0 Å². The number of Topliss-reactive ketones (excluding diaryl/α,β-unsaturated/α-hetero) is 1. The van der Waals surface area contributed by atoms with Crippen LogP contribution in [0.2, 0.25) is 0 Å². The van der Waals surface area contributed by atoms with Gasteiger partial charge in [-0.25, -0.2) is 13.4 Å². The molecule has 1 amide bonds. The second kappa shape index (κ2) is 8.39. The highest BCUT2D eigenvalue weighted by molar-refractivity contribution is 7.92. The van der Waals surface area contributed by atoms with Crippen LogP contribution in [0.15, 0.2) is 12.5 Å². The topological polar surface area (TPSA) is 149 Å². The van der Waals surface area contributed by atoms with E-state index < -0.39 is 38.0 Å². The van der Waals surface area contributed by atoms with E-state index in [0.717, 1.165) is 0 Å². The zero-order chi connectivity index (χ0) is 19.3. The molecule has 1 atom stereocenters. The van der Waals surface area contributed by atoms with Crippen molar-refractivity contribution in [2.24, 2.45) is 11.5 Å². The molecule has 0 aliphatic rings. The Morgan fingerprint density at radius 1 is 1.38 bits per heavy atom. The third-order valence-electron chi connectivity index (χ3n) is 3.76. The summed E-state index contributed by atoms with van der Waals surface area (Å²) >= 11 is 0. The highest BCUT2D eigenvalue weighted by Gasteiger charge is 2.45. The van der Waals surface area contributed by atoms with Gasteiger partial charge in [0.05, 0.1) is 23.7 Å². The lowest BCUT2D eigenvalue weighted by atomic mass is 9.93. The molecule has 8 nitrogen and oxygen atoms in total. The fourth-order valence-corrected chi connectivity index (χ4v) is 4.53. The maximum Gasteiger partial charge on any atom is 0.246 e. The molecule has 136 valence electrons. The molecule has 1 rings (SSSR count). The number of nitrogens with one attached hydrogen (secondary N) is 1. The van der Waals surface area contributed by atoms with E-state index in [2.05, 4.69) is 9.97 Å². The van der Waals surface area contributed by atoms with Crippen LogP contribution < -0.4 is 11.5 Å². The Morgan fingerprint density at radius 2 is 1.96 bits per heavy atom. The summed E-state index contributed by atoms with van der Waals surface area (Å²) in [4.78, 5) is 30.8. The molecular weight excluding hydrogens is 332 g/mol. The molecule has 1 aromatic heterocycles. The van der Waals surface area contributed by atoms with Crippen molar-refractivity contribution in [2.75, 3.05) is 5.75 Å². The largest absolute Gasteiger partial charge is 0.368 e. The van der Waals surface area contributed by atoms with Crippen molar-refractivity contribution in [1.29, 1.82) is 0 Å². The lowest BCUT2D eigenvalue weighted by Crippen LogP contribution is -2.63. The summed E-state index contributed by atoms with van der Waals surface area (Å²) in [5, 5.41) is -1.80. The SMILES string of the molecule is [2H]C(CCC)(CCC)S(=O)(=O)C[C@](N)(C(N)=O)C(=O)Cc1cnc[nH]1.